The number of Topliss-reactive ketones (excluding diaryl/α,β-unsaturated/α-hetero) is 1. The van der Waals surface area contributed by atoms with Gasteiger partial charge in [0.05, 0.1) is 12.1 Å². The van der Waals surface area contributed by atoms with Gasteiger partial charge in [0, 0.05) is 35.6 Å². The van der Waals surface area contributed by atoms with E-state index in [1.807, 2.05) is 0 Å². The summed E-state index contributed by atoms with van der Waals surface area (Å²) in [5, 5.41) is 1.33. The first kappa shape index (κ1) is 12.7. The van der Waals surface area contributed by atoms with Crippen molar-refractivity contribution in [3.63, 3.8) is 0 Å². The van der Waals surface area contributed by atoms with Gasteiger partial charge in [-0.25, -0.2) is 0 Å². The number of fused-ring (bicyclic) bond motifs is 4. The van der Waals surface area contributed by atoms with Gasteiger partial charge in [-0.05, 0) is 37.0 Å². The maximum absolute atomic E-state index is 12.8. The Hall–Kier alpha value is -1.87. The first-order valence-electron chi connectivity index (χ1n) is 8.15. The molecule has 3 heteroatoms. The molecular weight excluding hydrogens is 272 g/mol. The molecular formula is C19H20N2O. The second kappa shape index (κ2) is 3.90. The van der Waals surface area contributed by atoms with Gasteiger partial charge in [-0.2, -0.15) is 0 Å². The van der Waals surface area contributed by atoms with E-state index in [0.717, 1.165) is 18.4 Å². The number of aryl methyl sites for hydroxylation is 1. The maximum atomic E-state index is 12.8. The lowest BCUT2D eigenvalue weighted by Crippen LogP contribution is -2.64. The van der Waals surface area contributed by atoms with Crippen molar-refractivity contribution in [2.24, 2.45) is 13.0 Å². The van der Waals surface area contributed by atoms with Crippen molar-refractivity contribution >= 4 is 16.7 Å². The van der Waals surface area contributed by atoms with Crippen molar-refractivity contribution < 1.29 is 4.79 Å². The van der Waals surface area contributed by atoms with Crippen LogP contribution in [-0.2, 0) is 18.3 Å². The minimum Gasteiger partial charge on any atom is -0.346 e. The highest BCUT2D eigenvalue weighted by molar-refractivity contribution is 5.94. The molecule has 4 bridgehead atoms. The molecule has 0 spiro atoms. The Morgan fingerprint density at radius 2 is 2.00 bits per heavy atom. The largest absolute Gasteiger partial charge is 0.346 e. The van der Waals surface area contributed by atoms with Crippen LogP contribution in [0.3, 0.4) is 0 Å². The molecule has 0 N–H and O–H groups in total. The van der Waals surface area contributed by atoms with Gasteiger partial charge in [0.1, 0.15) is 0 Å². The third-order valence-electron chi connectivity index (χ3n) is 6.26. The van der Waals surface area contributed by atoms with Crippen molar-refractivity contribution in [2.75, 3.05) is 0 Å². The Bertz CT molecular complexity index is 846. The van der Waals surface area contributed by atoms with Gasteiger partial charge in [0.2, 0.25) is 0 Å². The second-order valence-corrected chi connectivity index (χ2v) is 7.06. The van der Waals surface area contributed by atoms with Crippen LogP contribution in [0.25, 0.3) is 10.9 Å². The summed E-state index contributed by atoms with van der Waals surface area (Å²) in [6.07, 6.45) is 1.77. The molecule has 0 radical (unpaired) electrons. The SMILES string of the molecule is C=C1C2C[C@H]3c4c(c5ccccc5n4C)C[C@@H](C2=O)N3[C@@H]1C. The summed E-state index contributed by atoms with van der Waals surface area (Å²) in [6, 6.07) is 9.34. The van der Waals surface area contributed by atoms with Gasteiger partial charge < -0.3 is 4.57 Å². The van der Waals surface area contributed by atoms with E-state index in [2.05, 4.69) is 54.3 Å². The van der Waals surface area contributed by atoms with Crippen LogP contribution in [0.15, 0.2) is 36.4 Å². The van der Waals surface area contributed by atoms with Crippen molar-refractivity contribution in [2.45, 2.75) is 37.9 Å². The molecule has 3 fully saturated rings. The van der Waals surface area contributed by atoms with Gasteiger partial charge in [-0.15, -0.1) is 0 Å². The molecule has 3 nitrogen and oxygen atoms in total. The zero-order valence-corrected chi connectivity index (χ0v) is 13.0. The average Bonchev–Trinajstić information content (AvgIpc) is 2.81. The Kier molecular flexibility index (Phi) is 2.25. The van der Waals surface area contributed by atoms with Gasteiger partial charge >= 0.3 is 0 Å². The highest BCUT2D eigenvalue weighted by atomic mass is 16.1. The Morgan fingerprint density at radius 3 is 2.82 bits per heavy atom. The van der Waals surface area contributed by atoms with Crippen molar-refractivity contribution in [1.82, 2.24) is 9.47 Å². The van der Waals surface area contributed by atoms with Crippen LogP contribution in [0.2, 0.25) is 0 Å². The van der Waals surface area contributed by atoms with Gasteiger partial charge in [-0.3, -0.25) is 9.69 Å². The molecule has 0 amide bonds. The summed E-state index contributed by atoms with van der Waals surface area (Å²) < 4.78 is 2.35. The topological polar surface area (TPSA) is 25.2 Å². The van der Waals surface area contributed by atoms with Gasteiger partial charge in [0.15, 0.2) is 5.78 Å². The average molecular weight is 292 g/mol. The van der Waals surface area contributed by atoms with Gasteiger partial charge in [-0.1, -0.05) is 24.8 Å². The van der Waals surface area contributed by atoms with Crippen LogP contribution in [0, 0.1) is 5.92 Å². The van der Waals surface area contributed by atoms with Crippen LogP contribution >= 0.6 is 0 Å². The number of carbonyl (C=O) groups is 1. The molecule has 5 atom stereocenters. The number of aromatic nitrogens is 1. The molecule has 2 unspecified atom stereocenters. The predicted molar refractivity (Wildman–Crippen MR) is 86.7 cm³/mol. The van der Waals surface area contributed by atoms with Crippen LogP contribution in [0.5, 0.6) is 0 Å². The van der Waals surface area contributed by atoms with E-state index in [4.69, 9.17) is 0 Å². The lowest BCUT2D eigenvalue weighted by atomic mass is 9.67. The zero-order chi connectivity index (χ0) is 15.2. The summed E-state index contributed by atoms with van der Waals surface area (Å²) in [4.78, 5) is 15.2. The van der Waals surface area contributed by atoms with E-state index in [-0.39, 0.29) is 12.0 Å². The maximum Gasteiger partial charge on any atom is 0.157 e. The lowest BCUT2D eigenvalue weighted by Gasteiger charge is -2.56. The third kappa shape index (κ3) is 1.25. The van der Waals surface area contributed by atoms with Crippen molar-refractivity contribution in [3.8, 4) is 0 Å². The standard InChI is InChI=1S/C19H20N2O/c1-10-11(2)21-16-8-13(10)19(22)17(21)9-14-12-6-4-5-7-15(12)20(3)18(14)16/h4-7,11,13,16-17H,1,8-9H2,2-3H3/t11-,13?,16+,17+/m1/s1. The quantitative estimate of drug-likeness (QED) is 0.697. The first-order chi connectivity index (χ1) is 10.6. The Balaban J connectivity index is 1.80. The number of para-hydroxylation sites is 1. The van der Waals surface area contributed by atoms with Crippen LogP contribution in [0.1, 0.15) is 30.6 Å². The number of hydrogen-bond donors (Lipinski definition) is 0. The number of hydrogen-bond acceptors (Lipinski definition) is 2. The molecule has 0 saturated carbocycles. The van der Waals surface area contributed by atoms with Crippen molar-refractivity contribution in [1.29, 1.82) is 0 Å². The summed E-state index contributed by atoms with van der Waals surface area (Å²) in [6.45, 7) is 6.42. The van der Waals surface area contributed by atoms with Crippen LogP contribution in [-0.4, -0.2) is 27.3 Å². The zero-order valence-electron chi connectivity index (χ0n) is 13.0. The fourth-order valence-electron chi connectivity index (χ4n) is 5.20. The molecule has 1 aromatic carbocycles. The van der Waals surface area contributed by atoms with Crippen molar-refractivity contribution in [3.05, 3.63) is 47.7 Å². The minimum absolute atomic E-state index is 0.0579. The predicted octanol–water partition coefficient (Wildman–Crippen LogP) is 2.99. The summed E-state index contributed by atoms with van der Waals surface area (Å²) in [5.41, 5.74) is 5.24. The molecule has 0 aliphatic carbocycles. The number of ketones is 1. The number of nitrogens with zero attached hydrogens (tertiary/aromatic N) is 2. The van der Waals surface area contributed by atoms with Crippen LogP contribution < -0.4 is 0 Å². The highest BCUT2D eigenvalue weighted by Gasteiger charge is 2.55. The van der Waals surface area contributed by atoms with E-state index in [9.17, 15) is 4.79 Å². The van der Waals surface area contributed by atoms with E-state index in [1.54, 1.807) is 0 Å². The molecule has 6 rings (SSSR count). The second-order valence-electron chi connectivity index (χ2n) is 7.06. The first-order valence-corrected chi connectivity index (χ1v) is 8.15. The number of carbonyl (C=O) groups excluding carboxylic acids is 1. The fraction of sp³-hybridized carbons (Fsp3) is 0.421. The summed E-state index contributed by atoms with van der Waals surface area (Å²) >= 11 is 0. The Labute approximate surface area is 130 Å². The molecule has 4 aliphatic rings. The number of piperidine rings is 3. The summed E-state index contributed by atoms with van der Waals surface area (Å²) in [7, 11) is 2.17. The van der Waals surface area contributed by atoms with Crippen LogP contribution in [0.4, 0.5) is 0 Å². The van der Waals surface area contributed by atoms with E-state index in [0.29, 0.717) is 17.9 Å². The molecule has 3 saturated heterocycles. The minimum atomic E-state index is 0.0579. The monoisotopic (exact) mass is 292 g/mol. The molecule has 1 aromatic heterocycles. The van der Waals surface area contributed by atoms with Gasteiger partial charge in [0.25, 0.3) is 0 Å². The Morgan fingerprint density at radius 1 is 1.23 bits per heavy atom. The molecule has 22 heavy (non-hydrogen) atoms. The third-order valence-corrected chi connectivity index (χ3v) is 6.26. The molecule has 5 heterocycles. The normalized spacial score (nSPS) is 36.0. The molecule has 4 aliphatic heterocycles. The number of rotatable bonds is 0. The smallest absolute Gasteiger partial charge is 0.157 e. The lowest BCUT2D eigenvalue weighted by molar-refractivity contribution is -0.141. The number of benzene rings is 1. The molecule has 112 valence electrons. The van der Waals surface area contributed by atoms with E-state index >= 15 is 0 Å². The van der Waals surface area contributed by atoms with E-state index < -0.39 is 0 Å². The fourth-order valence-corrected chi connectivity index (χ4v) is 5.20. The molecule has 2 aromatic rings. The highest BCUT2D eigenvalue weighted by Crippen LogP contribution is 2.52. The van der Waals surface area contributed by atoms with E-state index in [1.165, 1.54) is 22.2 Å². The summed E-state index contributed by atoms with van der Waals surface area (Å²) in [5.74, 6) is 0.471.